The van der Waals surface area contributed by atoms with Gasteiger partial charge in [0.05, 0.1) is 36.7 Å². The summed E-state index contributed by atoms with van der Waals surface area (Å²) >= 11 is 3.54. The molecule has 6 heteroatoms. The standard InChI is InChI=1S/C25H21BrN2O3/c1-15-11-17(26)12-19-20(14-21(27-24(15)19)16-7-5-4-6-8-16)25(29)28-22-13-18(30-2)9-10-23(22)31-3/h4-14H,1-3H3,(H,28,29). The highest BCUT2D eigenvalue weighted by Crippen LogP contribution is 2.32. The van der Waals surface area contributed by atoms with Gasteiger partial charge in [0.1, 0.15) is 11.5 Å². The minimum absolute atomic E-state index is 0.256. The number of pyridine rings is 1. The normalized spacial score (nSPS) is 10.7. The van der Waals surface area contributed by atoms with Crippen molar-refractivity contribution in [2.75, 3.05) is 19.5 Å². The summed E-state index contributed by atoms with van der Waals surface area (Å²) in [5.74, 6) is 0.918. The fourth-order valence-corrected chi connectivity index (χ4v) is 4.07. The second-order valence-electron chi connectivity index (χ2n) is 7.06. The molecular formula is C25H21BrN2O3. The van der Waals surface area contributed by atoms with E-state index < -0.39 is 0 Å². The zero-order valence-electron chi connectivity index (χ0n) is 17.4. The monoisotopic (exact) mass is 476 g/mol. The highest BCUT2D eigenvalue weighted by molar-refractivity contribution is 9.10. The van der Waals surface area contributed by atoms with Crippen LogP contribution >= 0.6 is 15.9 Å². The Hall–Kier alpha value is -3.38. The van der Waals surface area contributed by atoms with Crippen LogP contribution in [0.4, 0.5) is 5.69 Å². The summed E-state index contributed by atoms with van der Waals surface area (Å²) in [5, 5.41) is 3.74. The van der Waals surface area contributed by atoms with Gasteiger partial charge in [0.15, 0.2) is 0 Å². The van der Waals surface area contributed by atoms with Crippen molar-refractivity contribution < 1.29 is 14.3 Å². The van der Waals surface area contributed by atoms with Gasteiger partial charge in [-0.05, 0) is 42.8 Å². The number of anilines is 1. The van der Waals surface area contributed by atoms with Gasteiger partial charge >= 0.3 is 0 Å². The van der Waals surface area contributed by atoms with Gasteiger partial charge in [-0.2, -0.15) is 0 Å². The number of hydrogen-bond acceptors (Lipinski definition) is 4. The molecule has 1 amide bonds. The molecule has 0 atom stereocenters. The Morgan fingerprint density at radius 2 is 1.74 bits per heavy atom. The van der Waals surface area contributed by atoms with Gasteiger partial charge in [-0.1, -0.05) is 46.3 Å². The van der Waals surface area contributed by atoms with Crippen molar-refractivity contribution in [1.29, 1.82) is 0 Å². The Morgan fingerprint density at radius 3 is 2.45 bits per heavy atom. The molecule has 0 radical (unpaired) electrons. The number of halogens is 1. The number of aryl methyl sites for hydroxylation is 1. The van der Waals surface area contributed by atoms with Gasteiger partial charge in [0.25, 0.3) is 5.91 Å². The maximum absolute atomic E-state index is 13.5. The van der Waals surface area contributed by atoms with Crippen LogP contribution in [0.3, 0.4) is 0 Å². The average Bonchev–Trinajstić information content (AvgIpc) is 2.79. The molecule has 4 rings (SSSR count). The van der Waals surface area contributed by atoms with Crippen molar-refractivity contribution in [2.24, 2.45) is 0 Å². The number of benzene rings is 3. The summed E-state index contributed by atoms with van der Waals surface area (Å²) in [5.41, 5.74) is 4.51. The summed E-state index contributed by atoms with van der Waals surface area (Å²) in [4.78, 5) is 18.3. The van der Waals surface area contributed by atoms with Crippen molar-refractivity contribution in [2.45, 2.75) is 6.92 Å². The number of nitrogens with one attached hydrogen (secondary N) is 1. The SMILES string of the molecule is COc1ccc(OC)c(NC(=O)c2cc(-c3ccccc3)nc3c(C)cc(Br)cc23)c1. The highest BCUT2D eigenvalue weighted by atomic mass is 79.9. The van der Waals surface area contributed by atoms with E-state index in [2.05, 4.69) is 21.2 Å². The van der Waals surface area contributed by atoms with E-state index >= 15 is 0 Å². The maximum Gasteiger partial charge on any atom is 0.256 e. The van der Waals surface area contributed by atoms with Gasteiger partial charge in [0, 0.05) is 21.5 Å². The summed E-state index contributed by atoms with van der Waals surface area (Å²) < 4.78 is 11.6. The Balaban J connectivity index is 1.87. The fraction of sp³-hybridized carbons (Fsp3) is 0.120. The molecular weight excluding hydrogens is 456 g/mol. The van der Waals surface area contributed by atoms with Crippen LogP contribution in [0, 0.1) is 6.92 Å². The minimum atomic E-state index is -0.256. The summed E-state index contributed by atoms with van der Waals surface area (Å²) in [6, 6.07) is 20.8. The second-order valence-corrected chi connectivity index (χ2v) is 7.98. The largest absolute Gasteiger partial charge is 0.497 e. The van der Waals surface area contributed by atoms with Crippen LogP contribution in [0.15, 0.2) is 71.2 Å². The Kier molecular flexibility index (Phi) is 5.91. The zero-order chi connectivity index (χ0) is 22.0. The third-order valence-electron chi connectivity index (χ3n) is 5.04. The molecule has 4 aromatic rings. The molecule has 5 nitrogen and oxygen atoms in total. The molecule has 0 unspecified atom stereocenters. The minimum Gasteiger partial charge on any atom is -0.497 e. The summed E-state index contributed by atoms with van der Waals surface area (Å²) in [7, 11) is 3.14. The lowest BCUT2D eigenvalue weighted by molar-refractivity contribution is 0.102. The number of carbonyl (C=O) groups is 1. The number of nitrogens with zero attached hydrogens (tertiary/aromatic N) is 1. The van der Waals surface area contributed by atoms with Gasteiger partial charge in [-0.15, -0.1) is 0 Å². The predicted octanol–water partition coefficient (Wildman–Crippen LogP) is 6.24. The van der Waals surface area contributed by atoms with E-state index in [1.165, 1.54) is 0 Å². The Morgan fingerprint density at radius 1 is 0.968 bits per heavy atom. The second kappa shape index (κ2) is 8.78. The van der Waals surface area contributed by atoms with Crippen molar-refractivity contribution in [3.05, 3.63) is 82.3 Å². The molecule has 156 valence electrons. The van der Waals surface area contributed by atoms with Crippen molar-refractivity contribution in [1.82, 2.24) is 4.98 Å². The van der Waals surface area contributed by atoms with Crippen LogP contribution in [-0.2, 0) is 0 Å². The van der Waals surface area contributed by atoms with E-state index in [1.807, 2.05) is 55.5 Å². The molecule has 0 aliphatic heterocycles. The first kappa shape index (κ1) is 20.9. The Bertz CT molecular complexity index is 1270. The molecule has 0 fully saturated rings. The quantitative estimate of drug-likeness (QED) is 0.370. The number of ether oxygens (including phenoxy) is 2. The zero-order valence-corrected chi connectivity index (χ0v) is 19.0. The third kappa shape index (κ3) is 4.25. The first-order chi connectivity index (χ1) is 15.0. The molecule has 31 heavy (non-hydrogen) atoms. The van der Waals surface area contributed by atoms with E-state index in [4.69, 9.17) is 14.5 Å². The highest BCUT2D eigenvalue weighted by Gasteiger charge is 2.18. The molecule has 0 bridgehead atoms. The van der Waals surface area contributed by atoms with Gasteiger partial charge in [-0.25, -0.2) is 4.98 Å². The average molecular weight is 477 g/mol. The molecule has 1 aromatic heterocycles. The number of rotatable bonds is 5. The van der Waals surface area contributed by atoms with Crippen LogP contribution < -0.4 is 14.8 Å². The molecule has 0 saturated carbocycles. The van der Waals surface area contributed by atoms with E-state index in [0.717, 1.165) is 32.2 Å². The van der Waals surface area contributed by atoms with Crippen molar-refractivity contribution in [3.8, 4) is 22.8 Å². The number of hydrogen-bond donors (Lipinski definition) is 1. The molecule has 0 aliphatic rings. The first-order valence-electron chi connectivity index (χ1n) is 9.70. The number of aromatic nitrogens is 1. The first-order valence-corrected chi connectivity index (χ1v) is 10.5. The van der Waals surface area contributed by atoms with Crippen LogP contribution in [0.1, 0.15) is 15.9 Å². The summed E-state index contributed by atoms with van der Waals surface area (Å²) in [6.45, 7) is 1.99. The van der Waals surface area contributed by atoms with Crippen LogP contribution in [0.25, 0.3) is 22.2 Å². The Labute approximate surface area is 189 Å². The molecule has 0 aliphatic carbocycles. The molecule has 3 aromatic carbocycles. The lowest BCUT2D eigenvalue weighted by Crippen LogP contribution is -2.14. The third-order valence-corrected chi connectivity index (χ3v) is 5.50. The van der Waals surface area contributed by atoms with Gasteiger partial charge in [0.2, 0.25) is 0 Å². The van der Waals surface area contributed by atoms with E-state index in [1.54, 1.807) is 32.4 Å². The van der Waals surface area contributed by atoms with Crippen LogP contribution in [0.2, 0.25) is 0 Å². The lowest BCUT2D eigenvalue weighted by Gasteiger charge is -2.15. The molecule has 0 spiro atoms. The van der Waals surface area contributed by atoms with Crippen LogP contribution in [-0.4, -0.2) is 25.1 Å². The van der Waals surface area contributed by atoms with Gasteiger partial charge < -0.3 is 14.8 Å². The lowest BCUT2D eigenvalue weighted by atomic mass is 10.0. The maximum atomic E-state index is 13.5. The fourth-order valence-electron chi connectivity index (χ4n) is 3.50. The number of amides is 1. The number of fused-ring (bicyclic) bond motifs is 1. The molecule has 1 heterocycles. The van der Waals surface area contributed by atoms with E-state index in [9.17, 15) is 4.79 Å². The summed E-state index contributed by atoms with van der Waals surface area (Å²) in [6.07, 6.45) is 0. The molecule has 0 saturated heterocycles. The molecule has 1 N–H and O–H groups in total. The van der Waals surface area contributed by atoms with E-state index in [0.29, 0.717) is 22.7 Å². The van der Waals surface area contributed by atoms with E-state index in [-0.39, 0.29) is 5.91 Å². The van der Waals surface area contributed by atoms with Crippen molar-refractivity contribution in [3.63, 3.8) is 0 Å². The van der Waals surface area contributed by atoms with Crippen LogP contribution in [0.5, 0.6) is 11.5 Å². The van der Waals surface area contributed by atoms with Crippen molar-refractivity contribution >= 4 is 38.4 Å². The number of methoxy groups -OCH3 is 2. The van der Waals surface area contributed by atoms with Gasteiger partial charge in [-0.3, -0.25) is 4.79 Å². The smallest absolute Gasteiger partial charge is 0.256 e. The topological polar surface area (TPSA) is 60.5 Å². The number of carbonyl (C=O) groups excluding carboxylic acids is 1. The predicted molar refractivity (Wildman–Crippen MR) is 127 cm³/mol.